The van der Waals surface area contributed by atoms with E-state index in [1.165, 1.54) is 12.1 Å². The third kappa shape index (κ3) is 2.12. The Kier molecular flexibility index (Phi) is 3.38. The van der Waals surface area contributed by atoms with E-state index in [9.17, 15) is 4.39 Å². The molecular weight excluding hydrogens is 197 g/mol. The maximum Gasteiger partial charge on any atom is 0.141 e. The van der Waals surface area contributed by atoms with Gasteiger partial charge in [-0.2, -0.15) is 12.6 Å². The van der Waals surface area contributed by atoms with Gasteiger partial charge in [-0.15, -0.1) is 0 Å². The third-order valence-corrected chi connectivity index (χ3v) is 2.25. The summed E-state index contributed by atoms with van der Waals surface area (Å²) in [7, 11) is 0. The largest absolute Gasteiger partial charge is 0.323 e. The van der Waals surface area contributed by atoms with Gasteiger partial charge >= 0.3 is 0 Å². The van der Waals surface area contributed by atoms with E-state index < -0.39 is 5.82 Å². The lowest BCUT2D eigenvalue weighted by Crippen LogP contribution is -2.11. The highest BCUT2D eigenvalue weighted by Gasteiger charge is 2.06. The smallest absolute Gasteiger partial charge is 0.141 e. The van der Waals surface area contributed by atoms with E-state index >= 15 is 0 Å². The second-order valence-electron chi connectivity index (χ2n) is 2.46. The standard InChI is InChI=1S/C8H9ClFNS/c9-6-3-5(8(11)4-12)1-2-7(6)10/h1-3,8,12H,4,11H2. The van der Waals surface area contributed by atoms with Crippen molar-refractivity contribution in [2.24, 2.45) is 5.73 Å². The molecule has 1 atom stereocenters. The van der Waals surface area contributed by atoms with Crippen molar-refractivity contribution in [1.29, 1.82) is 0 Å². The quantitative estimate of drug-likeness (QED) is 0.713. The summed E-state index contributed by atoms with van der Waals surface area (Å²) in [6.45, 7) is 0. The van der Waals surface area contributed by atoms with Crippen molar-refractivity contribution in [3.8, 4) is 0 Å². The average Bonchev–Trinajstić information content (AvgIpc) is 2.08. The van der Waals surface area contributed by atoms with Crippen LogP contribution < -0.4 is 5.73 Å². The van der Waals surface area contributed by atoms with Crippen molar-refractivity contribution in [3.63, 3.8) is 0 Å². The number of nitrogens with two attached hydrogens (primary N) is 1. The number of halogens is 2. The molecule has 12 heavy (non-hydrogen) atoms. The van der Waals surface area contributed by atoms with Gasteiger partial charge in [0.2, 0.25) is 0 Å². The van der Waals surface area contributed by atoms with Gasteiger partial charge in [0.1, 0.15) is 5.82 Å². The Morgan fingerprint density at radius 3 is 2.75 bits per heavy atom. The van der Waals surface area contributed by atoms with Crippen molar-refractivity contribution < 1.29 is 4.39 Å². The molecule has 0 aromatic heterocycles. The minimum Gasteiger partial charge on any atom is -0.323 e. The van der Waals surface area contributed by atoms with Crippen LogP contribution in [0.25, 0.3) is 0 Å². The normalized spacial score (nSPS) is 13.0. The zero-order valence-electron chi connectivity index (χ0n) is 6.30. The molecule has 0 bridgehead atoms. The monoisotopic (exact) mass is 205 g/mol. The topological polar surface area (TPSA) is 26.0 Å². The van der Waals surface area contributed by atoms with Crippen LogP contribution in [0, 0.1) is 5.82 Å². The zero-order valence-corrected chi connectivity index (χ0v) is 7.95. The molecular formula is C8H9ClFNS. The molecule has 0 amide bonds. The van der Waals surface area contributed by atoms with E-state index in [4.69, 9.17) is 17.3 Å². The van der Waals surface area contributed by atoms with Crippen LogP contribution in [0.1, 0.15) is 11.6 Å². The van der Waals surface area contributed by atoms with Gasteiger partial charge < -0.3 is 5.73 Å². The molecule has 0 saturated carbocycles. The average molecular weight is 206 g/mol. The fourth-order valence-corrected chi connectivity index (χ4v) is 1.25. The SMILES string of the molecule is NC(CS)c1ccc(F)c(Cl)c1. The Labute approximate surface area is 81.1 Å². The molecule has 1 rings (SSSR count). The fourth-order valence-electron chi connectivity index (χ4n) is 0.848. The van der Waals surface area contributed by atoms with Gasteiger partial charge in [-0.3, -0.25) is 0 Å². The number of hydrogen-bond acceptors (Lipinski definition) is 2. The van der Waals surface area contributed by atoms with Crippen molar-refractivity contribution in [3.05, 3.63) is 34.6 Å². The molecule has 2 N–H and O–H groups in total. The van der Waals surface area contributed by atoms with Crippen LogP contribution in [0.3, 0.4) is 0 Å². The summed E-state index contributed by atoms with van der Waals surface area (Å²) in [5.41, 5.74) is 6.46. The summed E-state index contributed by atoms with van der Waals surface area (Å²) in [5.74, 6) is 0.0916. The molecule has 0 spiro atoms. The van der Waals surface area contributed by atoms with E-state index in [1.807, 2.05) is 0 Å². The van der Waals surface area contributed by atoms with Gasteiger partial charge in [0, 0.05) is 11.8 Å². The predicted octanol–water partition coefficient (Wildman–Crippen LogP) is 2.41. The highest BCUT2D eigenvalue weighted by atomic mass is 35.5. The van der Waals surface area contributed by atoms with E-state index in [0.29, 0.717) is 5.75 Å². The maximum atomic E-state index is 12.7. The summed E-state index contributed by atoms with van der Waals surface area (Å²) >= 11 is 9.58. The molecule has 0 saturated heterocycles. The second kappa shape index (κ2) is 4.12. The first-order valence-electron chi connectivity index (χ1n) is 3.46. The molecule has 0 fully saturated rings. The van der Waals surface area contributed by atoms with Crippen molar-refractivity contribution in [2.75, 3.05) is 5.75 Å². The van der Waals surface area contributed by atoms with E-state index in [-0.39, 0.29) is 11.1 Å². The minimum absolute atomic E-state index is 0.102. The van der Waals surface area contributed by atoms with Crippen molar-refractivity contribution >= 4 is 24.2 Å². The van der Waals surface area contributed by atoms with E-state index in [1.54, 1.807) is 6.07 Å². The summed E-state index contributed by atoms with van der Waals surface area (Å²) in [5, 5.41) is 0.102. The first-order chi connectivity index (χ1) is 5.65. The van der Waals surface area contributed by atoms with Crippen LogP contribution in [0.4, 0.5) is 4.39 Å². The molecule has 0 aliphatic rings. The summed E-state index contributed by atoms with van der Waals surface area (Å²) in [6.07, 6.45) is 0. The van der Waals surface area contributed by atoms with Gasteiger partial charge in [0.05, 0.1) is 5.02 Å². The fraction of sp³-hybridized carbons (Fsp3) is 0.250. The number of thiol groups is 1. The number of rotatable bonds is 2. The first-order valence-corrected chi connectivity index (χ1v) is 4.47. The number of benzene rings is 1. The third-order valence-electron chi connectivity index (χ3n) is 1.57. The van der Waals surface area contributed by atoms with Crippen LogP contribution in [0.5, 0.6) is 0 Å². The highest BCUT2D eigenvalue weighted by Crippen LogP contribution is 2.19. The van der Waals surface area contributed by atoms with Gasteiger partial charge in [-0.25, -0.2) is 4.39 Å². The van der Waals surface area contributed by atoms with Crippen LogP contribution in [-0.2, 0) is 0 Å². The molecule has 1 nitrogen and oxygen atoms in total. The molecule has 0 radical (unpaired) electrons. The summed E-state index contributed by atoms with van der Waals surface area (Å²) in [4.78, 5) is 0. The molecule has 0 heterocycles. The maximum absolute atomic E-state index is 12.7. The molecule has 0 aliphatic heterocycles. The molecule has 1 aromatic rings. The van der Waals surface area contributed by atoms with Crippen LogP contribution in [0.15, 0.2) is 18.2 Å². The zero-order chi connectivity index (χ0) is 9.14. The van der Waals surface area contributed by atoms with Crippen LogP contribution in [0.2, 0.25) is 5.02 Å². The Bertz CT molecular complexity index is 280. The van der Waals surface area contributed by atoms with Gasteiger partial charge in [-0.1, -0.05) is 17.7 Å². The van der Waals surface area contributed by atoms with Crippen LogP contribution >= 0.6 is 24.2 Å². The molecule has 1 aromatic carbocycles. The molecule has 1 unspecified atom stereocenters. The molecule has 0 aliphatic carbocycles. The first kappa shape index (κ1) is 9.84. The van der Waals surface area contributed by atoms with Gasteiger partial charge in [0.25, 0.3) is 0 Å². The van der Waals surface area contributed by atoms with E-state index in [0.717, 1.165) is 5.56 Å². The Balaban J connectivity index is 2.96. The lowest BCUT2D eigenvalue weighted by atomic mass is 10.1. The Hall–Kier alpha value is -0.250. The number of hydrogen-bond donors (Lipinski definition) is 2. The summed E-state index contributed by atoms with van der Waals surface area (Å²) < 4.78 is 12.7. The van der Waals surface area contributed by atoms with Crippen molar-refractivity contribution in [2.45, 2.75) is 6.04 Å². The van der Waals surface area contributed by atoms with Crippen molar-refractivity contribution in [1.82, 2.24) is 0 Å². The Morgan fingerprint density at radius 1 is 1.58 bits per heavy atom. The predicted molar refractivity (Wildman–Crippen MR) is 52.2 cm³/mol. The lowest BCUT2D eigenvalue weighted by molar-refractivity contribution is 0.626. The Morgan fingerprint density at radius 2 is 2.25 bits per heavy atom. The van der Waals surface area contributed by atoms with Crippen LogP contribution in [-0.4, -0.2) is 5.75 Å². The highest BCUT2D eigenvalue weighted by molar-refractivity contribution is 7.80. The van der Waals surface area contributed by atoms with E-state index in [2.05, 4.69) is 12.6 Å². The molecule has 4 heteroatoms. The second-order valence-corrected chi connectivity index (χ2v) is 3.23. The minimum atomic E-state index is -0.424. The lowest BCUT2D eigenvalue weighted by Gasteiger charge is -2.08. The molecule has 66 valence electrons. The van der Waals surface area contributed by atoms with Gasteiger partial charge in [0.15, 0.2) is 0 Å². The summed E-state index contributed by atoms with van der Waals surface area (Å²) in [6, 6.07) is 4.26. The van der Waals surface area contributed by atoms with Gasteiger partial charge in [-0.05, 0) is 17.7 Å².